The third kappa shape index (κ3) is 4.30. The highest BCUT2D eigenvalue weighted by atomic mass is 79.9. The molecule has 0 aromatic heterocycles. The molecule has 1 heterocycles. The van der Waals surface area contributed by atoms with Crippen molar-refractivity contribution in [3.05, 3.63) is 27.1 Å². The number of hydrogen-bond donors (Lipinski definition) is 0. The summed E-state index contributed by atoms with van der Waals surface area (Å²) in [5.41, 5.74) is 0. The van der Waals surface area contributed by atoms with E-state index in [0.29, 0.717) is 28.4 Å². The van der Waals surface area contributed by atoms with Crippen LogP contribution < -0.4 is 0 Å². The topological polar surface area (TPSA) is 37.4 Å². The normalized spacial score (nSPS) is 21.2. The van der Waals surface area contributed by atoms with Crippen LogP contribution in [-0.4, -0.2) is 25.8 Å². The highest BCUT2D eigenvalue weighted by Gasteiger charge is 2.28. The maximum atomic E-state index is 12.8. The fourth-order valence-electron chi connectivity index (χ4n) is 2.90. The number of hydrogen-bond acceptors (Lipinski definition) is 2. The second-order valence-corrected chi connectivity index (χ2v) is 9.24. The van der Waals surface area contributed by atoms with Gasteiger partial charge in [-0.2, -0.15) is 4.31 Å². The predicted molar refractivity (Wildman–Crippen MR) is 92.8 cm³/mol. The van der Waals surface area contributed by atoms with E-state index >= 15 is 0 Å². The maximum Gasteiger partial charge on any atom is 0.244 e. The van der Waals surface area contributed by atoms with Gasteiger partial charge in [0.05, 0.1) is 4.90 Å². The molecule has 1 aromatic carbocycles. The predicted octanol–water partition coefficient (Wildman–Crippen LogP) is 4.80. The Balaban J connectivity index is 2.19. The van der Waals surface area contributed by atoms with Crippen molar-refractivity contribution in [2.24, 2.45) is 5.92 Å². The Kier molecular flexibility index (Phi) is 6.29. The number of halogens is 2. The molecule has 0 N–H and O–H groups in total. The van der Waals surface area contributed by atoms with Crippen LogP contribution in [0.1, 0.15) is 39.0 Å². The molecule has 118 valence electrons. The molecule has 1 aliphatic heterocycles. The zero-order valence-electron chi connectivity index (χ0n) is 12.2. The highest BCUT2D eigenvalue weighted by Crippen LogP contribution is 2.30. The second kappa shape index (κ2) is 7.57. The largest absolute Gasteiger partial charge is 0.244 e. The van der Waals surface area contributed by atoms with Crippen molar-refractivity contribution in [3.63, 3.8) is 0 Å². The van der Waals surface area contributed by atoms with Crippen molar-refractivity contribution in [2.75, 3.05) is 13.1 Å². The average molecular weight is 439 g/mol. The van der Waals surface area contributed by atoms with E-state index in [2.05, 4.69) is 38.8 Å². The Morgan fingerprint density at radius 1 is 1.24 bits per heavy atom. The Morgan fingerprint density at radius 2 is 2.00 bits per heavy atom. The fourth-order valence-corrected chi connectivity index (χ4v) is 6.10. The zero-order valence-corrected chi connectivity index (χ0v) is 16.2. The van der Waals surface area contributed by atoms with Crippen LogP contribution in [0.4, 0.5) is 0 Å². The lowest BCUT2D eigenvalue weighted by Crippen LogP contribution is -2.32. The highest BCUT2D eigenvalue weighted by molar-refractivity contribution is 9.11. The summed E-state index contributed by atoms with van der Waals surface area (Å²) in [5, 5.41) is 0. The van der Waals surface area contributed by atoms with E-state index in [0.717, 1.165) is 23.7 Å². The Labute approximate surface area is 144 Å². The first kappa shape index (κ1) is 17.4. The van der Waals surface area contributed by atoms with Gasteiger partial charge in [-0.1, -0.05) is 35.7 Å². The smallest absolute Gasteiger partial charge is 0.207 e. The van der Waals surface area contributed by atoms with Gasteiger partial charge in [0.1, 0.15) is 0 Å². The molecule has 0 radical (unpaired) electrons. The molecule has 0 saturated carbocycles. The third-order valence-corrected chi connectivity index (χ3v) is 7.38. The molecule has 0 spiro atoms. The molecule has 3 nitrogen and oxygen atoms in total. The lowest BCUT2D eigenvalue weighted by atomic mass is 9.96. The standard InChI is InChI=1S/C15H21Br2NO2S/c1-2-4-12-5-3-9-18(10-8-12)21(19,20)15-7-6-13(16)11-14(15)17/h6-7,11-12H,2-5,8-10H2,1H3. The number of benzene rings is 1. The van der Waals surface area contributed by atoms with E-state index < -0.39 is 10.0 Å². The van der Waals surface area contributed by atoms with Gasteiger partial charge in [-0.25, -0.2) is 8.42 Å². The molecule has 1 aromatic rings. The number of rotatable bonds is 4. The van der Waals surface area contributed by atoms with E-state index in [9.17, 15) is 8.42 Å². The summed E-state index contributed by atoms with van der Waals surface area (Å²) in [6.07, 6.45) is 5.45. The lowest BCUT2D eigenvalue weighted by molar-refractivity contribution is 0.400. The molecule has 1 fully saturated rings. The quantitative estimate of drug-likeness (QED) is 0.676. The van der Waals surface area contributed by atoms with Crippen LogP contribution in [-0.2, 0) is 10.0 Å². The van der Waals surface area contributed by atoms with Gasteiger partial charge in [-0.05, 0) is 59.3 Å². The molecule has 6 heteroatoms. The van der Waals surface area contributed by atoms with Crippen molar-refractivity contribution in [1.29, 1.82) is 0 Å². The molecule has 1 atom stereocenters. The Hall–Kier alpha value is 0.0900. The van der Waals surface area contributed by atoms with Gasteiger partial charge in [0, 0.05) is 22.0 Å². The van der Waals surface area contributed by atoms with Gasteiger partial charge in [-0.15, -0.1) is 0 Å². The molecule has 0 amide bonds. The van der Waals surface area contributed by atoms with E-state index in [4.69, 9.17) is 0 Å². The summed E-state index contributed by atoms with van der Waals surface area (Å²) >= 11 is 6.73. The van der Waals surface area contributed by atoms with Crippen molar-refractivity contribution in [2.45, 2.75) is 43.9 Å². The van der Waals surface area contributed by atoms with Gasteiger partial charge in [0.25, 0.3) is 0 Å². The van der Waals surface area contributed by atoms with E-state index in [1.807, 2.05) is 0 Å². The molecule has 1 saturated heterocycles. The van der Waals surface area contributed by atoms with E-state index in [1.54, 1.807) is 22.5 Å². The molecular weight excluding hydrogens is 418 g/mol. The third-order valence-electron chi connectivity index (χ3n) is 4.02. The van der Waals surface area contributed by atoms with E-state index in [-0.39, 0.29) is 0 Å². The lowest BCUT2D eigenvalue weighted by Gasteiger charge is -2.21. The average Bonchev–Trinajstić information content (AvgIpc) is 2.65. The van der Waals surface area contributed by atoms with Crippen LogP contribution in [0.3, 0.4) is 0 Å². The molecule has 1 unspecified atom stereocenters. The zero-order chi connectivity index (χ0) is 15.5. The minimum Gasteiger partial charge on any atom is -0.207 e. The van der Waals surface area contributed by atoms with Crippen molar-refractivity contribution in [3.8, 4) is 0 Å². The molecule has 0 aliphatic carbocycles. The minimum absolute atomic E-state index is 0.361. The van der Waals surface area contributed by atoms with Crippen LogP contribution in [0.25, 0.3) is 0 Å². The second-order valence-electron chi connectivity index (χ2n) is 5.56. The minimum atomic E-state index is -3.41. The number of sulfonamides is 1. The van der Waals surface area contributed by atoms with Crippen molar-refractivity contribution < 1.29 is 8.42 Å². The summed E-state index contributed by atoms with van der Waals surface area (Å²) in [6, 6.07) is 5.22. The molecule has 0 bridgehead atoms. The molecule has 21 heavy (non-hydrogen) atoms. The molecular formula is C15H21Br2NO2S. The molecule has 2 rings (SSSR count). The fraction of sp³-hybridized carbons (Fsp3) is 0.600. The number of nitrogens with zero attached hydrogens (tertiary/aromatic N) is 1. The van der Waals surface area contributed by atoms with Gasteiger partial charge in [0.15, 0.2) is 0 Å². The van der Waals surface area contributed by atoms with Crippen molar-refractivity contribution in [1.82, 2.24) is 4.31 Å². The SMILES string of the molecule is CCCC1CCCN(S(=O)(=O)c2ccc(Br)cc2Br)CC1. The first-order chi connectivity index (χ1) is 9.95. The summed E-state index contributed by atoms with van der Waals surface area (Å²) in [6.45, 7) is 3.46. The van der Waals surface area contributed by atoms with E-state index in [1.165, 1.54) is 12.8 Å². The first-order valence-corrected chi connectivity index (χ1v) is 10.4. The van der Waals surface area contributed by atoms with Crippen LogP contribution >= 0.6 is 31.9 Å². The van der Waals surface area contributed by atoms with Gasteiger partial charge >= 0.3 is 0 Å². The van der Waals surface area contributed by atoms with Crippen LogP contribution in [0.15, 0.2) is 32.0 Å². The summed E-state index contributed by atoms with van der Waals surface area (Å²) in [5.74, 6) is 0.670. The summed E-state index contributed by atoms with van der Waals surface area (Å²) in [4.78, 5) is 0.361. The summed E-state index contributed by atoms with van der Waals surface area (Å²) < 4.78 is 28.8. The monoisotopic (exact) mass is 437 g/mol. The van der Waals surface area contributed by atoms with Crippen molar-refractivity contribution >= 4 is 41.9 Å². The van der Waals surface area contributed by atoms with Crippen LogP contribution in [0.5, 0.6) is 0 Å². The van der Waals surface area contributed by atoms with Gasteiger partial charge in [0.2, 0.25) is 10.0 Å². The van der Waals surface area contributed by atoms with Crippen LogP contribution in [0, 0.1) is 5.92 Å². The Bertz CT molecular complexity index is 589. The first-order valence-electron chi connectivity index (χ1n) is 7.40. The van der Waals surface area contributed by atoms with Gasteiger partial charge in [-0.3, -0.25) is 0 Å². The Morgan fingerprint density at radius 3 is 2.67 bits per heavy atom. The molecule has 1 aliphatic rings. The maximum absolute atomic E-state index is 12.8. The summed E-state index contributed by atoms with van der Waals surface area (Å²) in [7, 11) is -3.41. The van der Waals surface area contributed by atoms with Gasteiger partial charge < -0.3 is 0 Å². The van der Waals surface area contributed by atoms with Crippen LogP contribution in [0.2, 0.25) is 0 Å².